The molecule has 128 valence electrons. The molecular formula is C17H19ClN2O3S. The van der Waals surface area contributed by atoms with Gasteiger partial charge in [-0.3, -0.25) is 4.79 Å². The molecule has 0 unspecified atom stereocenters. The Balaban J connectivity index is 2.15. The van der Waals surface area contributed by atoms with Crippen molar-refractivity contribution in [2.24, 2.45) is 0 Å². The van der Waals surface area contributed by atoms with Crippen LogP contribution in [0.2, 0.25) is 5.02 Å². The standard InChI is InChI=1S/C17H19ClN2O3S/c1-11(2)20-24(22,23)15-8-5-13(6-9-15)17(21)19-14-7-4-12(3)16(18)10-14/h4-11,20H,1-3H3,(H,19,21). The lowest BCUT2D eigenvalue weighted by Gasteiger charge is -2.10. The summed E-state index contributed by atoms with van der Waals surface area (Å²) in [5.41, 5.74) is 1.85. The molecule has 2 rings (SSSR count). The number of amides is 1. The largest absolute Gasteiger partial charge is 0.322 e. The first kappa shape index (κ1) is 18.4. The minimum Gasteiger partial charge on any atom is -0.322 e. The number of sulfonamides is 1. The highest BCUT2D eigenvalue weighted by molar-refractivity contribution is 7.89. The molecule has 0 radical (unpaired) electrons. The maximum Gasteiger partial charge on any atom is 0.255 e. The Morgan fingerprint density at radius 2 is 1.71 bits per heavy atom. The van der Waals surface area contributed by atoms with Gasteiger partial charge in [-0.1, -0.05) is 17.7 Å². The van der Waals surface area contributed by atoms with Gasteiger partial charge < -0.3 is 5.32 Å². The maximum atomic E-state index is 12.2. The third-order valence-electron chi connectivity index (χ3n) is 3.25. The average Bonchev–Trinajstić information content (AvgIpc) is 2.50. The second-order valence-corrected chi connectivity index (χ2v) is 7.84. The molecule has 0 aliphatic carbocycles. The number of carbonyl (C=O) groups excluding carboxylic acids is 1. The Morgan fingerprint density at radius 3 is 2.25 bits per heavy atom. The predicted octanol–water partition coefficient (Wildman–Crippen LogP) is 3.59. The number of nitrogens with one attached hydrogen (secondary N) is 2. The van der Waals surface area contributed by atoms with Gasteiger partial charge in [-0.2, -0.15) is 0 Å². The zero-order chi connectivity index (χ0) is 17.9. The summed E-state index contributed by atoms with van der Waals surface area (Å²) in [5.74, 6) is -0.337. The SMILES string of the molecule is Cc1ccc(NC(=O)c2ccc(S(=O)(=O)NC(C)C)cc2)cc1Cl. The van der Waals surface area contributed by atoms with Crippen molar-refractivity contribution in [2.75, 3.05) is 5.32 Å². The molecule has 2 aromatic carbocycles. The van der Waals surface area contributed by atoms with Crippen LogP contribution in [0.3, 0.4) is 0 Å². The second-order valence-electron chi connectivity index (χ2n) is 5.72. The lowest BCUT2D eigenvalue weighted by Crippen LogP contribution is -2.30. The molecule has 0 heterocycles. The van der Waals surface area contributed by atoms with Crippen LogP contribution < -0.4 is 10.0 Å². The van der Waals surface area contributed by atoms with E-state index in [1.807, 2.05) is 13.0 Å². The molecule has 0 aliphatic heterocycles. The Labute approximate surface area is 147 Å². The molecule has 0 saturated heterocycles. The van der Waals surface area contributed by atoms with Crippen molar-refractivity contribution >= 4 is 33.2 Å². The van der Waals surface area contributed by atoms with E-state index in [9.17, 15) is 13.2 Å². The molecule has 7 heteroatoms. The first-order valence-corrected chi connectivity index (χ1v) is 9.25. The van der Waals surface area contributed by atoms with Crippen LogP contribution in [0.5, 0.6) is 0 Å². The topological polar surface area (TPSA) is 75.3 Å². The smallest absolute Gasteiger partial charge is 0.255 e. The Morgan fingerprint density at radius 1 is 1.08 bits per heavy atom. The molecule has 0 aromatic heterocycles. The third kappa shape index (κ3) is 4.56. The fraction of sp³-hybridized carbons (Fsp3) is 0.235. The Hall–Kier alpha value is -1.89. The van der Waals surface area contributed by atoms with E-state index in [0.717, 1.165) is 5.56 Å². The van der Waals surface area contributed by atoms with Gasteiger partial charge >= 0.3 is 0 Å². The van der Waals surface area contributed by atoms with Gasteiger partial charge in [0.2, 0.25) is 10.0 Å². The Kier molecular flexibility index (Phi) is 5.64. The molecule has 0 bridgehead atoms. The first-order valence-electron chi connectivity index (χ1n) is 7.39. The normalized spacial score (nSPS) is 11.5. The zero-order valence-corrected chi connectivity index (χ0v) is 15.2. The number of rotatable bonds is 5. The fourth-order valence-corrected chi connectivity index (χ4v) is 3.47. The van der Waals surface area contributed by atoms with Crippen LogP contribution in [0.25, 0.3) is 0 Å². The molecule has 0 atom stereocenters. The van der Waals surface area contributed by atoms with Gasteiger partial charge in [-0.05, 0) is 62.7 Å². The molecule has 2 N–H and O–H groups in total. The number of aryl methyl sites for hydroxylation is 1. The summed E-state index contributed by atoms with van der Waals surface area (Å²) in [6.45, 7) is 5.36. The van der Waals surface area contributed by atoms with Crippen LogP contribution in [-0.4, -0.2) is 20.4 Å². The molecule has 2 aromatic rings. The third-order valence-corrected chi connectivity index (χ3v) is 5.33. The number of hydrogen-bond donors (Lipinski definition) is 2. The lowest BCUT2D eigenvalue weighted by atomic mass is 10.2. The quantitative estimate of drug-likeness (QED) is 0.849. The van der Waals surface area contributed by atoms with Crippen molar-refractivity contribution in [1.29, 1.82) is 0 Å². The average molecular weight is 367 g/mol. The number of benzene rings is 2. The summed E-state index contributed by atoms with van der Waals surface area (Å²) < 4.78 is 26.6. The van der Waals surface area contributed by atoms with Crippen LogP contribution in [0.15, 0.2) is 47.4 Å². The minimum absolute atomic E-state index is 0.117. The van der Waals surface area contributed by atoms with Gasteiger partial charge in [-0.25, -0.2) is 13.1 Å². The maximum absolute atomic E-state index is 12.2. The van der Waals surface area contributed by atoms with Crippen LogP contribution >= 0.6 is 11.6 Å². The van der Waals surface area contributed by atoms with Crippen LogP contribution in [-0.2, 0) is 10.0 Å². The van der Waals surface area contributed by atoms with E-state index >= 15 is 0 Å². The summed E-state index contributed by atoms with van der Waals surface area (Å²) in [6.07, 6.45) is 0. The molecule has 24 heavy (non-hydrogen) atoms. The van der Waals surface area contributed by atoms with Gasteiger partial charge in [0, 0.05) is 22.3 Å². The predicted molar refractivity (Wildman–Crippen MR) is 96.0 cm³/mol. The van der Waals surface area contributed by atoms with Crippen molar-refractivity contribution < 1.29 is 13.2 Å². The van der Waals surface area contributed by atoms with E-state index in [4.69, 9.17) is 11.6 Å². The summed E-state index contributed by atoms with van der Waals surface area (Å²) >= 11 is 6.03. The van der Waals surface area contributed by atoms with Crippen molar-refractivity contribution in [3.8, 4) is 0 Å². The van der Waals surface area contributed by atoms with Gasteiger partial charge in [-0.15, -0.1) is 0 Å². The van der Waals surface area contributed by atoms with Crippen molar-refractivity contribution in [2.45, 2.75) is 31.7 Å². The lowest BCUT2D eigenvalue weighted by molar-refractivity contribution is 0.102. The number of halogens is 1. The molecule has 5 nitrogen and oxygen atoms in total. The van der Waals surface area contributed by atoms with Gasteiger partial charge in [0.15, 0.2) is 0 Å². The van der Waals surface area contributed by atoms with E-state index in [-0.39, 0.29) is 16.8 Å². The number of carbonyl (C=O) groups is 1. The highest BCUT2D eigenvalue weighted by Crippen LogP contribution is 2.20. The number of hydrogen-bond acceptors (Lipinski definition) is 3. The van der Waals surface area contributed by atoms with E-state index in [1.165, 1.54) is 24.3 Å². The van der Waals surface area contributed by atoms with Crippen LogP contribution in [0.4, 0.5) is 5.69 Å². The summed E-state index contributed by atoms with van der Waals surface area (Å²) in [5, 5.41) is 3.29. The van der Waals surface area contributed by atoms with Crippen molar-refractivity contribution in [3.63, 3.8) is 0 Å². The number of anilines is 1. The van der Waals surface area contributed by atoms with Gasteiger partial charge in [0.1, 0.15) is 0 Å². The molecule has 0 aliphatic rings. The highest BCUT2D eigenvalue weighted by atomic mass is 35.5. The van der Waals surface area contributed by atoms with E-state index in [1.54, 1.807) is 26.0 Å². The fourth-order valence-electron chi connectivity index (χ4n) is 2.04. The van der Waals surface area contributed by atoms with E-state index in [2.05, 4.69) is 10.0 Å². The molecule has 0 fully saturated rings. The minimum atomic E-state index is -3.57. The summed E-state index contributed by atoms with van der Waals surface area (Å²) in [7, 11) is -3.57. The second kappa shape index (κ2) is 7.34. The van der Waals surface area contributed by atoms with E-state index < -0.39 is 10.0 Å². The van der Waals surface area contributed by atoms with Crippen LogP contribution in [0.1, 0.15) is 29.8 Å². The molecule has 0 saturated carbocycles. The monoisotopic (exact) mass is 366 g/mol. The summed E-state index contributed by atoms with van der Waals surface area (Å²) in [6, 6.07) is 10.8. The molecule has 1 amide bonds. The van der Waals surface area contributed by atoms with Crippen molar-refractivity contribution in [3.05, 3.63) is 58.6 Å². The van der Waals surface area contributed by atoms with E-state index in [0.29, 0.717) is 16.3 Å². The van der Waals surface area contributed by atoms with Crippen LogP contribution in [0, 0.1) is 6.92 Å². The zero-order valence-electron chi connectivity index (χ0n) is 13.6. The van der Waals surface area contributed by atoms with Crippen molar-refractivity contribution in [1.82, 2.24) is 4.72 Å². The van der Waals surface area contributed by atoms with Gasteiger partial charge in [0.25, 0.3) is 5.91 Å². The van der Waals surface area contributed by atoms with Gasteiger partial charge in [0.05, 0.1) is 4.90 Å². The Bertz CT molecular complexity index is 847. The highest BCUT2D eigenvalue weighted by Gasteiger charge is 2.16. The first-order chi connectivity index (χ1) is 11.2. The summed E-state index contributed by atoms with van der Waals surface area (Å²) in [4.78, 5) is 12.3. The molecular weight excluding hydrogens is 348 g/mol. The molecule has 0 spiro atoms.